The number of hydrogen-bond acceptors (Lipinski definition) is 6. The average molecular weight is 542 g/mol. The Morgan fingerprint density at radius 1 is 1.11 bits per heavy atom. The Morgan fingerprint density at radius 3 is 2.47 bits per heavy atom. The lowest BCUT2D eigenvalue weighted by atomic mass is 9.96. The number of sulfonamides is 1. The van der Waals surface area contributed by atoms with Gasteiger partial charge in [0.05, 0.1) is 25.4 Å². The third-order valence-corrected chi connectivity index (χ3v) is 8.69. The third-order valence-electron chi connectivity index (χ3n) is 6.82. The summed E-state index contributed by atoms with van der Waals surface area (Å²) in [6, 6.07) is 14.1. The van der Waals surface area contributed by atoms with Gasteiger partial charge in [0.15, 0.2) is 0 Å². The number of hydrogen-bond donors (Lipinski definition) is 3. The summed E-state index contributed by atoms with van der Waals surface area (Å²) >= 11 is 0. The monoisotopic (exact) mass is 541 g/mol. The highest BCUT2D eigenvalue weighted by molar-refractivity contribution is 7.89. The molecule has 2 aromatic carbocycles. The maximum absolute atomic E-state index is 13.2. The fraction of sp³-hybridized carbons (Fsp3) is 0.444. The molecule has 1 aliphatic rings. The van der Waals surface area contributed by atoms with Crippen LogP contribution in [-0.4, -0.2) is 79.9 Å². The predicted molar refractivity (Wildman–Crippen MR) is 146 cm³/mol. The molecule has 3 amide bonds. The lowest BCUT2D eigenvalue weighted by Gasteiger charge is -2.40. The smallest absolute Gasteiger partial charge is 0.240 e. The van der Waals surface area contributed by atoms with Crippen molar-refractivity contribution in [3.05, 3.63) is 48.0 Å². The van der Waals surface area contributed by atoms with Crippen LogP contribution in [0, 0.1) is 12.3 Å². The zero-order valence-corrected chi connectivity index (χ0v) is 22.4. The number of benzene rings is 2. The fourth-order valence-electron chi connectivity index (χ4n) is 4.76. The summed E-state index contributed by atoms with van der Waals surface area (Å²) < 4.78 is 27.5. The number of likely N-dealkylation sites (tertiary alicyclic amines) is 1. The second-order valence-electron chi connectivity index (χ2n) is 9.35. The van der Waals surface area contributed by atoms with E-state index in [0.717, 1.165) is 9.69 Å². The third kappa shape index (κ3) is 7.77. The number of fused-ring (bicyclic) bond motifs is 1. The number of carbonyl (C=O) groups is 3. The fourth-order valence-corrected chi connectivity index (χ4v) is 6.44. The maximum Gasteiger partial charge on any atom is 0.240 e. The molecule has 3 rings (SSSR count). The zero-order valence-electron chi connectivity index (χ0n) is 21.6. The number of primary amides is 1. The second kappa shape index (κ2) is 13.4. The van der Waals surface area contributed by atoms with Gasteiger partial charge >= 0.3 is 0 Å². The molecular weight excluding hydrogens is 506 g/mol. The maximum atomic E-state index is 13.2. The molecule has 1 unspecified atom stereocenters. The number of nitrogens with two attached hydrogens (primary N) is 1. The van der Waals surface area contributed by atoms with E-state index in [-0.39, 0.29) is 25.6 Å². The van der Waals surface area contributed by atoms with E-state index in [0.29, 0.717) is 25.9 Å². The van der Waals surface area contributed by atoms with Crippen molar-refractivity contribution in [2.24, 2.45) is 5.73 Å². The van der Waals surface area contributed by atoms with E-state index >= 15 is 0 Å². The molecule has 4 N–H and O–H groups in total. The Bertz CT molecular complexity index is 1290. The number of terminal acetylenes is 1. The molecule has 204 valence electrons. The van der Waals surface area contributed by atoms with Crippen LogP contribution in [0.15, 0.2) is 42.5 Å². The van der Waals surface area contributed by atoms with Gasteiger partial charge in [0.2, 0.25) is 27.7 Å². The highest BCUT2D eigenvalue weighted by Crippen LogP contribution is 2.31. The summed E-state index contributed by atoms with van der Waals surface area (Å²) in [7, 11) is -3.96. The van der Waals surface area contributed by atoms with Crippen LogP contribution in [0.2, 0.25) is 0 Å². The average Bonchev–Trinajstić information content (AvgIpc) is 2.92. The Hall–Kier alpha value is -3.46. The van der Waals surface area contributed by atoms with Gasteiger partial charge in [0.25, 0.3) is 0 Å². The van der Waals surface area contributed by atoms with Gasteiger partial charge in [-0.3, -0.25) is 19.3 Å². The number of amides is 3. The van der Waals surface area contributed by atoms with E-state index in [9.17, 15) is 22.8 Å². The Labute approximate surface area is 224 Å². The van der Waals surface area contributed by atoms with E-state index in [1.165, 1.54) is 10.9 Å². The molecule has 11 heteroatoms. The van der Waals surface area contributed by atoms with Gasteiger partial charge in [-0.25, -0.2) is 8.42 Å². The minimum absolute atomic E-state index is 0.0259. The molecular formula is C27H35N5O5S. The molecule has 0 saturated carbocycles. The van der Waals surface area contributed by atoms with E-state index in [1.54, 1.807) is 0 Å². The van der Waals surface area contributed by atoms with E-state index in [1.807, 2.05) is 18.2 Å². The first-order valence-corrected chi connectivity index (χ1v) is 14.2. The largest absolute Gasteiger partial charge is 0.370 e. The Kier molecular flexibility index (Phi) is 10.2. The van der Waals surface area contributed by atoms with E-state index in [2.05, 4.69) is 52.6 Å². The highest BCUT2D eigenvalue weighted by atomic mass is 32.2. The van der Waals surface area contributed by atoms with Gasteiger partial charge in [-0.1, -0.05) is 48.4 Å². The van der Waals surface area contributed by atoms with Crippen molar-refractivity contribution in [1.82, 2.24) is 19.8 Å². The number of carbonyl (C=O) groups excluding carboxylic acids is 3. The second-order valence-corrected chi connectivity index (χ2v) is 11.4. The van der Waals surface area contributed by atoms with Gasteiger partial charge in [0.1, 0.15) is 0 Å². The summed E-state index contributed by atoms with van der Waals surface area (Å²) in [5.41, 5.74) is 6.38. The normalized spacial score (nSPS) is 15.6. The molecule has 0 aliphatic carbocycles. The summed E-state index contributed by atoms with van der Waals surface area (Å²) in [6.45, 7) is 2.66. The van der Waals surface area contributed by atoms with Crippen LogP contribution in [-0.2, 0) is 24.4 Å². The first kappa shape index (κ1) is 29.1. The van der Waals surface area contributed by atoms with Gasteiger partial charge in [0, 0.05) is 31.6 Å². The van der Waals surface area contributed by atoms with Gasteiger partial charge < -0.3 is 16.4 Å². The molecule has 1 fully saturated rings. The highest BCUT2D eigenvalue weighted by Gasteiger charge is 2.35. The predicted octanol–water partition coefficient (Wildman–Crippen LogP) is 0.738. The molecule has 1 heterocycles. The molecule has 2 aromatic rings. The topological polar surface area (TPSA) is 142 Å². The van der Waals surface area contributed by atoms with Crippen LogP contribution in [0.5, 0.6) is 0 Å². The first-order chi connectivity index (χ1) is 18.1. The lowest BCUT2D eigenvalue weighted by Crippen LogP contribution is -2.52. The standard InChI is InChI=1S/C27H35N5O5S/c1-3-14-29-26(34)18-30-27(35)19-32(38(36,37)17-13-25(28)33)22-11-15-31(16-12-22)20(2)23-10-6-8-21-7-4-5-9-24(21)23/h1,4-10,20,22H,11-19H2,2H3,(H2,28,33)(H,29,34)(H,30,35). The van der Waals surface area contributed by atoms with E-state index in [4.69, 9.17) is 12.2 Å². The minimum Gasteiger partial charge on any atom is -0.370 e. The van der Waals surface area contributed by atoms with Crippen molar-refractivity contribution in [3.63, 3.8) is 0 Å². The molecule has 0 bridgehead atoms. The van der Waals surface area contributed by atoms with Gasteiger partial charge in [-0.05, 0) is 36.1 Å². The summed E-state index contributed by atoms with van der Waals surface area (Å²) in [4.78, 5) is 37.9. The van der Waals surface area contributed by atoms with Crippen molar-refractivity contribution < 1.29 is 22.8 Å². The van der Waals surface area contributed by atoms with E-state index < -0.39 is 46.1 Å². The molecule has 0 spiro atoms. The lowest BCUT2D eigenvalue weighted by molar-refractivity contribution is -0.126. The number of nitrogens with one attached hydrogen (secondary N) is 2. The molecule has 10 nitrogen and oxygen atoms in total. The minimum atomic E-state index is -3.96. The van der Waals surface area contributed by atoms with Gasteiger partial charge in [-0.2, -0.15) is 4.31 Å². The van der Waals surface area contributed by atoms with Crippen molar-refractivity contribution in [2.75, 3.05) is 38.5 Å². The van der Waals surface area contributed by atoms with Crippen LogP contribution in [0.3, 0.4) is 0 Å². The number of rotatable bonds is 12. The molecule has 1 saturated heterocycles. The summed E-state index contributed by atoms with van der Waals surface area (Å²) in [6.07, 6.45) is 5.79. The Balaban J connectivity index is 1.69. The SMILES string of the molecule is C#CCNC(=O)CNC(=O)CN(C1CCN(C(C)c2cccc3ccccc23)CC1)S(=O)(=O)CCC(N)=O. The van der Waals surface area contributed by atoms with Crippen molar-refractivity contribution in [2.45, 2.75) is 38.3 Å². The molecule has 38 heavy (non-hydrogen) atoms. The number of nitrogens with zero attached hydrogens (tertiary/aromatic N) is 2. The van der Waals surface area contributed by atoms with Crippen LogP contribution >= 0.6 is 0 Å². The zero-order chi connectivity index (χ0) is 27.7. The van der Waals surface area contributed by atoms with Crippen molar-refractivity contribution in [3.8, 4) is 12.3 Å². The molecule has 0 aromatic heterocycles. The first-order valence-electron chi connectivity index (χ1n) is 12.6. The summed E-state index contributed by atoms with van der Waals surface area (Å²) in [5, 5.41) is 7.21. The quantitative estimate of drug-likeness (QED) is 0.339. The van der Waals surface area contributed by atoms with Crippen molar-refractivity contribution >= 4 is 38.5 Å². The Morgan fingerprint density at radius 2 is 1.79 bits per heavy atom. The van der Waals surface area contributed by atoms with Crippen LogP contribution in [0.25, 0.3) is 10.8 Å². The van der Waals surface area contributed by atoms with Crippen LogP contribution in [0.4, 0.5) is 0 Å². The van der Waals surface area contributed by atoms with Gasteiger partial charge in [-0.15, -0.1) is 6.42 Å². The van der Waals surface area contributed by atoms with Crippen LogP contribution < -0.4 is 16.4 Å². The summed E-state index contributed by atoms with van der Waals surface area (Å²) in [5.74, 6) is -0.0470. The van der Waals surface area contributed by atoms with Crippen molar-refractivity contribution in [1.29, 1.82) is 0 Å². The number of piperidine rings is 1. The molecule has 1 atom stereocenters. The molecule has 0 radical (unpaired) electrons. The molecule has 1 aliphatic heterocycles. The van der Waals surface area contributed by atoms with Crippen LogP contribution in [0.1, 0.15) is 37.8 Å².